The summed E-state index contributed by atoms with van der Waals surface area (Å²) >= 11 is 0. The highest BCUT2D eigenvalue weighted by Crippen LogP contribution is 2.24. The van der Waals surface area contributed by atoms with Crippen molar-refractivity contribution < 1.29 is 9.90 Å². The van der Waals surface area contributed by atoms with E-state index >= 15 is 0 Å². The van der Waals surface area contributed by atoms with Gasteiger partial charge in [-0.05, 0) is 27.7 Å². The highest BCUT2D eigenvalue weighted by atomic mass is 16.4. The molecule has 7 heteroatoms. The van der Waals surface area contributed by atoms with Gasteiger partial charge in [0.05, 0.1) is 17.1 Å². The number of aliphatic carboxylic acids is 1. The van der Waals surface area contributed by atoms with E-state index in [2.05, 4.69) is 20.4 Å². The number of nitrogens with zero attached hydrogens (tertiary/aromatic N) is 4. The van der Waals surface area contributed by atoms with Crippen molar-refractivity contribution in [1.29, 1.82) is 0 Å². The molecule has 102 valence electrons. The van der Waals surface area contributed by atoms with E-state index in [0.29, 0.717) is 16.9 Å². The van der Waals surface area contributed by atoms with E-state index < -0.39 is 12.0 Å². The molecular weight excluding hydrogens is 246 g/mol. The Morgan fingerprint density at radius 3 is 2.68 bits per heavy atom. The largest absolute Gasteiger partial charge is 0.480 e. The minimum atomic E-state index is -0.935. The number of nitrogens with one attached hydrogen (secondary N) is 1. The number of aromatic nitrogens is 4. The maximum atomic E-state index is 10.9. The van der Waals surface area contributed by atoms with E-state index in [4.69, 9.17) is 5.11 Å². The smallest absolute Gasteiger partial charge is 0.325 e. The molecule has 0 aliphatic rings. The number of hydrogen-bond donors (Lipinski definition) is 2. The summed E-state index contributed by atoms with van der Waals surface area (Å²) in [6, 6.07) is -0.726. The van der Waals surface area contributed by atoms with E-state index in [1.165, 1.54) is 6.33 Å². The lowest BCUT2D eigenvalue weighted by Gasteiger charge is -2.19. The van der Waals surface area contributed by atoms with Crippen LogP contribution in [0.25, 0.3) is 11.0 Å². The first-order valence-corrected chi connectivity index (χ1v) is 5.99. The van der Waals surface area contributed by atoms with E-state index in [0.717, 1.165) is 0 Å². The third-order valence-corrected chi connectivity index (χ3v) is 2.72. The summed E-state index contributed by atoms with van der Waals surface area (Å²) in [6.45, 7) is 7.63. The molecule has 0 saturated carbocycles. The van der Waals surface area contributed by atoms with Crippen molar-refractivity contribution in [2.45, 2.75) is 39.3 Å². The molecule has 2 aromatic rings. The van der Waals surface area contributed by atoms with Crippen molar-refractivity contribution in [3.05, 3.63) is 12.5 Å². The van der Waals surface area contributed by atoms with Crippen LogP contribution in [0.4, 0.5) is 5.82 Å². The van der Waals surface area contributed by atoms with Gasteiger partial charge in [0.1, 0.15) is 18.2 Å². The Hall–Kier alpha value is -2.18. The number of carboxylic acids is 1. The van der Waals surface area contributed by atoms with E-state index in [-0.39, 0.29) is 5.54 Å². The Bertz CT molecular complexity index is 614. The van der Waals surface area contributed by atoms with Crippen molar-refractivity contribution >= 4 is 22.8 Å². The van der Waals surface area contributed by atoms with Gasteiger partial charge in [-0.15, -0.1) is 0 Å². The molecule has 0 radical (unpaired) electrons. The van der Waals surface area contributed by atoms with Crippen LogP contribution < -0.4 is 5.32 Å². The molecule has 2 heterocycles. The molecule has 7 nitrogen and oxygen atoms in total. The normalized spacial score (nSPS) is 13.5. The molecule has 0 aromatic carbocycles. The Labute approximate surface area is 110 Å². The van der Waals surface area contributed by atoms with Crippen molar-refractivity contribution in [3.63, 3.8) is 0 Å². The highest BCUT2D eigenvalue weighted by molar-refractivity contribution is 5.88. The van der Waals surface area contributed by atoms with Crippen LogP contribution in [-0.2, 0) is 10.3 Å². The van der Waals surface area contributed by atoms with E-state index in [9.17, 15) is 4.79 Å². The fraction of sp³-hybridized carbons (Fsp3) is 0.500. The van der Waals surface area contributed by atoms with Gasteiger partial charge in [0.15, 0.2) is 5.65 Å². The maximum absolute atomic E-state index is 10.9. The summed E-state index contributed by atoms with van der Waals surface area (Å²) < 4.78 is 1.79. The molecule has 0 fully saturated rings. The standard InChI is InChI=1S/C12H17N5O2/c1-7(11(18)19)16-9-8-5-15-17(12(2,3)4)10(8)14-6-13-9/h5-7H,1-4H3,(H,18,19)(H,13,14,16)/t7-/m0/s1. The van der Waals surface area contributed by atoms with Gasteiger partial charge < -0.3 is 10.4 Å². The molecule has 0 amide bonds. The Morgan fingerprint density at radius 1 is 1.42 bits per heavy atom. The zero-order valence-corrected chi connectivity index (χ0v) is 11.4. The van der Waals surface area contributed by atoms with Gasteiger partial charge in [-0.25, -0.2) is 14.6 Å². The second-order valence-electron chi connectivity index (χ2n) is 5.39. The molecule has 0 unspecified atom stereocenters. The quantitative estimate of drug-likeness (QED) is 0.871. The number of anilines is 1. The molecule has 19 heavy (non-hydrogen) atoms. The van der Waals surface area contributed by atoms with Gasteiger partial charge in [0.25, 0.3) is 0 Å². The minimum absolute atomic E-state index is 0.203. The predicted octanol–water partition coefficient (Wildman–Crippen LogP) is 1.47. The molecular formula is C12H17N5O2. The average molecular weight is 263 g/mol. The molecule has 2 rings (SSSR count). The topological polar surface area (TPSA) is 92.9 Å². The summed E-state index contributed by atoms with van der Waals surface area (Å²) in [7, 11) is 0. The van der Waals surface area contributed by atoms with Crippen molar-refractivity contribution in [2.24, 2.45) is 0 Å². The van der Waals surface area contributed by atoms with Gasteiger partial charge in [-0.3, -0.25) is 4.79 Å². The lowest BCUT2D eigenvalue weighted by Crippen LogP contribution is -2.26. The second kappa shape index (κ2) is 4.49. The molecule has 0 aliphatic heterocycles. The zero-order valence-electron chi connectivity index (χ0n) is 11.4. The van der Waals surface area contributed by atoms with Gasteiger partial charge in [0.2, 0.25) is 0 Å². The summed E-state index contributed by atoms with van der Waals surface area (Å²) in [5, 5.41) is 16.8. The van der Waals surface area contributed by atoms with Crippen LogP contribution in [-0.4, -0.2) is 36.9 Å². The van der Waals surface area contributed by atoms with Crippen molar-refractivity contribution in [3.8, 4) is 0 Å². The Morgan fingerprint density at radius 2 is 2.11 bits per heavy atom. The summed E-state index contributed by atoms with van der Waals surface area (Å²) in [6.07, 6.45) is 3.06. The molecule has 0 bridgehead atoms. The summed E-state index contributed by atoms with van der Waals surface area (Å²) in [4.78, 5) is 19.2. The highest BCUT2D eigenvalue weighted by Gasteiger charge is 2.20. The van der Waals surface area contributed by atoms with Crippen LogP contribution in [0.15, 0.2) is 12.5 Å². The van der Waals surface area contributed by atoms with Crippen molar-refractivity contribution in [2.75, 3.05) is 5.32 Å². The summed E-state index contributed by atoms with van der Waals surface area (Å²) in [5.74, 6) is -0.453. The first kappa shape index (κ1) is 13.3. The lowest BCUT2D eigenvalue weighted by atomic mass is 10.1. The van der Waals surface area contributed by atoms with Gasteiger partial charge >= 0.3 is 5.97 Å². The molecule has 0 spiro atoms. The van der Waals surface area contributed by atoms with Gasteiger partial charge in [-0.1, -0.05) is 0 Å². The number of fused-ring (bicyclic) bond motifs is 1. The van der Waals surface area contributed by atoms with Crippen LogP contribution in [0.5, 0.6) is 0 Å². The van der Waals surface area contributed by atoms with Gasteiger partial charge in [-0.2, -0.15) is 5.10 Å². The average Bonchev–Trinajstić information content (AvgIpc) is 2.73. The fourth-order valence-corrected chi connectivity index (χ4v) is 1.72. The van der Waals surface area contributed by atoms with Crippen LogP contribution in [0.3, 0.4) is 0 Å². The molecule has 1 atom stereocenters. The van der Waals surface area contributed by atoms with E-state index in [1.807, 2.05) is 20.8 Å². The third kappa shape index (κ3) is 2.49. The number of rotatable bonds is 3. The molecule has 0 saturated heterocycles. The molecule has 0 aliphatic carbocycles. The predicted molar refractivity (Wildman–Crippen MR) is 71.0 cm³/mol. The fourth-order valence-electron chi connectivity index (χ4n) is 1.72. The second-order valence-corrected chi connectivity index (χ2v) is 5.39. The summed E-state index contributed by atoms with van der Waals surface area (Å²) in [5.41, 5.74) is 0.480. The van der Waals surface area contributed by atoms with Gasteiger partial charge in [0, 0.05) is 0 Å². The van der Waals surface area contributed by atoms with Crippen LogP contribution in [0, 0.1) is 0 Å². The Kier molecular flexibility index (Phi) is 3.13. The first-order chi connectivity index (χ1) is 8.80. The molecule has 2 N–H and O–H groups in total. The number of carboxylic acid groups (broad SMARTS) is 1. The number of hydrogen-bond acceptors (Lipinski definition) is 5. The Balaban J connectivity index is 2.48. The van der Waals surface area contributed by atoms with E-state index in [1.54, 1.807) is 17.8 Å². The third-order valence-electron chi connectivity index (χ3n) is 2.72. The monoisotopic (exact) mass is 263 g/mol. The van der Waals surface area contributed by atoms with Crippen LogP contribution in [0.2, 0.25) is 0 Å². The van der Waals surface area contributed by atoms with Crippen molar-refractivity contribution in [1.82, 2.24) is 19.7 Å². The lowest BCUT2D eigenvalue weighted by molar-refractivity contribution is -0.137. The zero-order chi connectivity index (χ0) is 14.2. The molecule has 2 aromatic heterocycles. The maximum Gasteiger partial charge on any atom is 0.325 e. The van der Waals surface area contributed by atoms with Crippen LogP contribution >= 0.6 is 0 Å². The SMILES string of the molecule is C[C@H](Nc1ncnc2c1cnn2C(C)(C)C)C(=O)O. The number of carbonyl (C=O) groups is 1. The first-order valence-electron chi connectivity index (χ1n) is 5.99. The van der Waals surface area contributed by atoms with Crippen LogP contribution in [0.1, 0.15) is 27.7 Å². The minimum Gasteiger partial charge on any atom is -0.480 e.